The summed E-state index contributed by atoms with van der Waals surface area (Å²) in [5.74, 6) is 2.57. The van der Waals surface area contributed by atoms with E-state index in [1.807, 2.05) is 0 Å². The Hall–Kier alpha value is -0.120. The summed E-state index contributed by atoms with van der Waals surface area (Å²) in [7, 11) is 2.09. The SMILES string of the molecule is CNC(c1ccc(C(C)(C)C)cc1)C1SCCSC1C. The minimum absolute atomic E-state index is 0.233. The summed E-state index contributed by atoms with van der Waals surface area (Å²) in [6.45, 7) is 9.18. The number of thioether (sulfide) groups is 2. The van der Waals surface area contributed by atoms with Crippen molar-refractivity contribution in [2.75, 3.05) is 18.6 Å². The molecular formula is C17H27NS2. The Morgan fingerprint density at radius 1 is 1.10 bits per heavy atom. The van der Waals surface area contributed by atoms with Crippen LogP contribution in [-0.4, -0.2) is 29.1 Å². The molecule has 20 heavy (non-hydrogen) atoms. The van der Waals surface area contributed by atoms with Crippen LogP contribution in [0.15, 0.2) is 24.3 Å². The van der Waals surface area contributed by atoms with Crippen molar-refractivity contribution in [2.45, 2.75) is 49.7 Å². The lowest BCUT2D eigenvalue weighted by Crippen LogP contribution is -2.36. The lowest BCUT2D eigenvalue weighted by Gasteiger charge is -2.34. The van der Waals surface area contributed by atoms with E-state index in [0.29, 0.717) is 16.5 Å². The summed E-state index contributed by atoms with van der Waals surface area (Å²) in [6.07, 6.45) is 0. The smallest absolute Gasteiger partial charge is 0.0448 e. The van der Waals surface area contributed by atoms with E-state index >= 15 is 0 Å². The van der Waals surface area contributed by atoms with Crippen LogP contribution in [0.2, 0.25) is 0 Å². The van der Waals surface area contributed by atoms with Gasteiger partial charge in [0.1, 0.15) is 0 Å². The molecule has 0 amide bonds. The third kappa shape index (κ3) is 3.75. The summed E-state index contributed by atoms with van der Waals surface area (Å²) in [5.41, 5.74) is 3.07. The number of hydrogen-bond acceptors (Lipinski definition) is 3. The monoisotopic (exact) mass is 309 g/mol. The zero-order chi connectivity index (χ0) is 14.8. The maximum atomic E-state index is 3.54. The van der Waals surface area contributed by atoms with Gasteiger partial charge in [0.15, 0.2) is 0 Å². The van der Waals surface area contributed by atoms with Crippen molar-refractivity contribution in [1.82, 2.24) is 5.32 Å². The standard InChI is InChI=1S/C17H27NS2/c1-12-16(20-11-10-19-12)15(18-5)13-6-8-14(9-7-13)17(2,3)4/h6-9,12,15-16,18H,10-11H2,1-5H3. The molecule has 112 valence electrons. The lowest BCUT2D eigenvalue weighted by molar-refractivity contribution is 0.557. The van der Waals surface area contributed by atoms with Gasteiger partial charge in [0.05, 0.1) is 0 Å². The van der Waals surface area contributed by atoms with Gasteiger partial charge in [-0.2, -0.15) is 23.5 Å². The first-order valence-electron chi connectivity index (χ1n) is 7.44. The number of hydrogen-bond donors (Lipinski definition) is 1. The van der Waals surface area contributed by atoms with Gasteiger partial charge in [0, 0.05) is 28.0 Å². The van der Waals surface area contributed by atoms with E-state index in [9.17, 15) is 0 Å². The molecule has 3 atom stereocenters. The van der Waals surface area contributed by atoms with Gasteiger partial charge >= 0.3 is 0 Å². The van der Waals surface area contributed by atoms with Gasteiger partial charge in [-0.25, -0.2) is 0 Å². The van der Waals surface area contributed by atoms with Gasteiger partial charge in [0.2, 0.25) is 0 Å². The number of nitrogens with one attached hydrogen (secondary N) is 1. The van der Waals surface area contributed by atoms with Crippen LogP contribution in [0, 0.1) is 0 Å². The Morgan fingerprint density at radius 2 is 1.70 bits per heavy atom. The highest BCUT2D eigenvalue weighted by molar-refractivity contribution is 8.07. The lowest BCUT2D eigenvalue weighted by atomic mass is 9.86. The normalized spacial score (nSPS) is 25.4. The molecule has 1 nitrogen and oxygen atoms in total. The van der Waals surface area contributed by atoms with Crippen LogP contribution in [0.3, 0.4) is 0 Å². The zero-order valence-corrected chi connectivity index (χ0v) is 14.9. The second-order valence-corrected chi connectivity index (χ2v) is 9.32. The molecule has 0 radical (unpaired) electrons. The summed E-state index contributed by atoms with van der Waals surface area (Å²) in [5, 5.41) is 4.92. The van der Waals surface area contributed by atoms with E-state index in [-0.39, 0.29) is 5.41 Å². The first kappa shape index (κ1) is 16.3. The van der Waals surface area contributed by atoms with Gasteiger partial charge in [0.25, 0.3) is 0 Å². The quantitative estimate of drug-likeness (QED) is 0.884. The maximum Gasteiger partial charge on any atom is 0.0448 e. The number of rotatable bonds is 3. The van der Waals surface area contributed by atoms with Crippen LogP contribution < -0.4 is 5.32 Å². The molecule has 3 heteroatoms. The summed E-state index contributed by atoms with van der Waals surface area (Å²) in [4.78, 5) is 0. The fourth-order valence-corrected chi connectivity index (χ4v) is 5.72. The van der Waals surface area contributed by atoms with Gasteiger partial charge < -0.3 is 5.32 Å². The van der Waals surface area contributed by atoms with Crippen LogP contribution >= 0.6 is 23.5 Å². The summed E-state index contributed by atoms with van der Waals surface area (Å²) < 4.78 is 0. The van der Waals surface area contributed by atoms with Crippen molar-refractivity contribution >= 4 is 23.5 Å². The Morgan fingerprint density at radius 3 is 2.20 bits per heavy atom. The zero-order valence-electron chi connectivity index (χ0n) is 13.3. The molecule has 1 aromatic carbocycles. The molecule has 1 fully saturated rings. The molecule has 1 saturated heterocycles. The van der Waals surface area contributed by atoms with Gasteiger partial charge in [-0.3, -0.25) is 0 Å². The minimum atomic E-state index is 0.233. The highest BCUT2D eigenvalue weighted by atomic mass is 32.2. The van der Waals surface area contributed by atoms with E-state index in [1.165, 1.54) is 22.6 Å². The molecule has 1 heterocycles. The van der Waals surface area contributed by atoms with Gasteiger partial charge in [-0.05, 0) is 23.6 Å². The molecular weight excluding hydrogens is 282 g/mol. The third-order valence-electron chi connectivity index (χ3n) is 4.01. The van der Waals surface area contributed by atoms with Crippen LogP contribution in [0.25, 0.3) is 0 Å². The fraction of sp³-hybridized carbons (Fsp3) is 0.647. The Bertz CT molecular complexity index is 422. The van der Waals surface area contributed by atoms with Crippen molar-refractivity contribution in [3.05, 3.63) is 35.4 Å². The maximum absolute atomic E-state index is 3.54. The average molecular weight is 310 g/mol. The van der Waals surface area contributed by atoms with Crippen molar-refractivity contribution in [1.29, 1.82) is 0 Å². The highest BCUT2D eigenvalue weighted by Crippen LogP contribution is 2.38. The molecule has 0 bridgehead atoms. The van der Waals surface area contributed by atoms with Crippen molar-refractivity contribution in [2.24, 2.45) is 0 Å². The summed E-state index contributed by atoms with van der Waals surface area (Å²) >= 11 is 4.24. The predicted octanol–water partition coefficient (Wildman–Crippen LogP) is 4.48. The van der Waals surface area contributed by atoms with E-state index < -0.39 is 0 Å². The molecule has 0 spiro atoms. The second-order valence-electron chi connectivity index (χ2n) is 6.55. The van der Waals surface area contributed by atoms with E-state index in [0.717, 1.165) is 0 Å². The molecule has 1 aliphatic rings. The molecule has 1 aromatic rings. The third-order valence-corrected chi connectivity index (χ3v) is 7.21. The Kier molecular flexibility index (Phi) is 5.49. The van der Waals surface area contributed by atoms with Crippen LogP contribution in [0.1, 0.15) is 44.9 Å². The average Bonchev–Trinajstić information content (AvgIpc) is 2.41. The van der Waals surface area contributed by atoms with Crippen molar-refractivity contribution in [3.63, 3.8) is 0 Å². The highest BCUT2D eigenvalue weighted by Gasteiger charge is 2.30. The minimum Gasteiger partial charge on any atom is -0.312 e. The molecule has 3 unspecified atom stereocenters. The first-order chi connectivity index (χ1) is 9.43. The van der Waals surface area contributed by atoms with Crippen LogP contribution in [0.5, 0.6) is 0 Å². The van der Waals surface area contributed by atoms with Crippen molar-refractivity contribution in [3.8, 4) is 0 Å². The second kappa shape index (κ2) is 6.76. The summed E-state index contributed by atoms with van der Waals surface area (Å²) in [6, 6.07) is 9.68. The predicted molar refractivity (Wildman–Crippen MR) is 95.1 cm³/mol. The molecule has 0 aliphatic carbocycles. The van der Waals surface area contributed by atoms with E-state index in [2.05, 4.69) is 87.8 Å². The van der Waals surface area contributed by atoms with Gasteiger partial charge in [-0.1, -0.05) is 52.0 Å². The number of benzene rings is 1. The molecule has 0 saturated carbocycles. The molecule has 1 N–H and O–H groups in total. The topological polar surface area (TPSA) is 12.0 Å². The Labute approximate surface area is 132 Å². The van der Waals surface area contributed by atoms with Gasteiger partial charge in [-0.15, -0.1) is 0 Å². The van der Waals surface area contributed by atoms with E-state index in [4.69, 9.17) is 0 Å². The van der Waals surface area contributed by atoms with Crippen LogP contribution in [-0.2, 0) is 5.41 Å². The Balaban J connectivity index is 2.19. The largest absolute Gasteiger partial charge is 0.312 e. The van der Waals surface area contributed by atoms with Crippen LogP contribution in [0.4, 0.5) is 0 Å². The van der Waals surface area contributed by atoms with E-state index in [1.54, 1.807) is 0 Å². The van der Waals surface area contributed by atoms with Crippen molar-refractivity contribution < 1.29 is 0 Å². The molecule has 2 rings (SSSR count). The molecule has 0 aromatic heterocycles. The fourth-order valence-electron chi connectivity index (χ4n) is 2.73. The first-order valence-corrected chi connectivity index (χ1v) is 9.54. The molecule has 1 aliphatic heterocycles.